The van der Waals surface area contributed by atoms with Crippen LogP contribution in [0.25, 0.3) is 0 Å². The van der Waals surface area contributed by atoms with Crippen LogP contribution in [0, 0.1) is 0 Å². The highest BCUT2D eigenvalue weighted by Crippen LogP contribution is 2.20. The average molecular weight is 317 g/mol. The maximum absolute atomic E-state index is 11.9. The summed E-state index contributed by atoms with van der Waals surface area (Å²) in [6, 6.07) is 7.51. The van der Waals surface area contributed by atoms with Crippen LogP contribution >= 0.6 is 0 Å². The van der Waals surface area contributed by atoms with Crippen molar-refractivity contribution in [2.75, 3.05) is 25.5 Å². The molecule has 0 atom stereocenters. The van der Waals surface area contributed by atoms with E-state index >= 15 is 0 Å². The first kappa shape index (κ1) is 17.0. The molecule has 1 aliphatic rings. The molecular formula is C17H23N3O3. The Kier molecular flexibility index (Phi) is 5.03. The van der Waals surface area contributed by atoms with E-state index in [1.165, 1.54) is 0 Å². The minimum atomic E-state index is -0.488. The van der Waals surface area contributed by atoms with Crippen molar-refractivity contribution in [3.05, 3.63) is 29.8 Å². The van der Waals surface area contributed by atoms with Crippen molar-refractivity contribution in [3.63, 3.8) is 0 Å². The van der Waals surface area contributed by atoms with Crippen molar-refractivity contribution in [2.45, 2.75) is 32.8 Å². The fraction of sp³-hybridized carbons (Fsp3) is 0.471. The molecule has 0 fully saturated rings. The molecule has 6 heteroatoms. The Hall–Kier alpha value is -2.37. The Morgan fingerprint density at radius 1 is 1.35 bits per heavy atom. The number of hydrogen-bond donors (Lipinski definition) is 1. The normalized spacial score (nSPS) is 14.3. The topological polar surface area (TPSA) is 71.0 Å². The van der Waals surface area contributed by atoms with Crippen LogP contribution in [0.5, 0.6) is 0 Å². The Morgan fingerprint density at radius 2 is 2.04 bits per heavy atom. The Labute approximate surface area is 136 Å². The number of carbonyl (C=O) groups excluding carboxylic acids is 2. The quantitative estimate of drug-likeness (QED) is 0.866. The second kappa shape index (κ2) is 6.81. The van der Waals surface area contributed by atoms with Crippen LogP contribution in [0.2, 0.25) is 0 Å². The van der Waals surface area contributed by atoms with Gasteiger partial charge in [0.2, 0.25) is 5.91 Å². The molecule has 0 saturated heterocycles. The predicted octanol–water partition coefficient (Wildman–Crippen LogP) is 2.05. The summed E-state index contributed by atoms with van der Waals surface area (Å²) < 4.78 is 5.31. The third-order valence-corrected chi connectivity index (χ3v) is 3.25. The summed E-state index contributed by atoms with van der Waals surface area (Å²) in [7, 11) is 1.86. The highest BCUT2D eigenvalue weighted by atomic mass is 16.6. The van der Waals surface area contributed by atoms with Crippen LogP contribution in [0.15, 0.2) is 29.3 Å². The highest BCUT2D eigenvalue weighted by molar-refractivity contribution is 6.09. The number of esters is 1. The van der Waals surface area contributed by atoms with E-state index in [9.17, 15) is 9.59 Å². The van der Waals surface area contributed by atoms with Crippen LogP contribution < -0.4 is 5.32 Å². The van der Waals surface area contributed by atoms with E-state index in [-0.39, 0.29) is 24.8 Å². The van der Waals surface area contributed by atoms with Gasteiger partial charge in [0.1, 0.15) is 18.0 Å². The second-order valence-electron chi connectivity index (χ2n) is 6.49. The molecule has 1 heterocycles. The van der Waals surface area contributed by atoms with Crippen molar-refractivity contribution < 1.29 is 14.3 Å². The molecule has 1 aliphatic heterocycles. The van der Waals surface area contributed by atoms with Gasteiger partial charge in [0.25, 0.3) is 0 Å². The third-order valence-electron chi connectivity index (χ3n) is 3.25. The lowest BCUT2D eigenvalue weighted by Crippen LogP contribution is -2.32. The van der Waals surface area contributed by atoms with E-state index in [2.05, 4.69) is 10.3 Å². The summed E-state index contributed by atoms with van der Waals surface area (Å²) in [5, 5.41) is 2.83. The molecule has 1 aromatic rings. The van der Waals surface area contributed by atoms with Crippen LogP contribution in [0.1, 0.15) is 32.8 Å². The molecule has 0 radical (unpaired) electrons. The van der Waals surface area contributed by atoms with Crippen LogP contribution in [0.3, 0.4) is 0 Å². The number of hydrogen-bond acceptors (Lipinski definition) is 5. The van der Waals surface area contributed by atoms with Gasteiger partial charge in [-0.3, -0.25) is 14.6 Å². The van der Waals surface area contributed by atoms with Gasteiger partial charge in [-0.25, -0.2) is 0 Å². The summed E-state index contributed by atoms with van der Waals surface area (Å²) in [6.07, 6.45) is 0.260. The Morgan fingerprint density at radius 3 is 2.74 bits per heavy atom. The molecule has 1 N–H and O–H groups in total. The highest BCUT2D eigenvalue weighted by Gasteiger charge is 2.21. The smallest absolute Gasteiger partial charge is 0.308 e. The van der Waals surface area contributed by atoms with Gasteiger partial charge in [-0.2, -0.15) is 0 Å². The summed E-state index contributed by atoms with van der Waals surface area (Å²) in [6.45, 7) is 6.07. The molecule has 1 aromatic carbocycles. The standard InChI is InChI=1S/C17H23N3O3/c1-17(2,3)23-15(22)9-10-20(4)16-12-7-5-6-8-13(12)19-14(21)11-18-16/h5-8H,9-11H2,1-4H3,(H,19,21). The van der Waals surface area contributed by atoms with E-state index in [1.807, 2.05) is 57.0 Å². The first-order valence-corrected chi connectivity index (χ1v) is 7.63. The van der Waals surface area contributed by atoms with Crippen LogP contribution in [-0.4, -0.2) is 48.4 Å². The van der Waals surface area contributed by atoms with Crippen molar-refractivity contribution in [1.82, 2.24) is 4.90 Å². The largest absolute Gasteiger partial charge is 0.460 e. The molecule has 0 saturated carbocycles. The number of amidine groups is 1. The number of anilines is 1. The van der Waals surface area contributed by atoms with E-state index in [0.29, 0.717) is 12.4 Å². The molecule has 124 valence electrons. The number of para-hydroxylation sites is 1. The first-order valence-electron chi connectivity index (χ1n) is 7.63. The minimum Gasteiger partial charge on any atom is -0.460 e. The number of ether oxygens (including phenoxy) is 1. The van der Waals surface area contributed by atoms with Crippen LogP contribution in [0.4, 0.5) is 5.69 Å². The molecular weight excluding hydrogens is 294 g/mol. The van der Waals surface area contributed by atoms with Gasteiger partial charge in [0, 0.05) is 19.2 Å². The number of nitrogens with one attached hydrogen (secondary N) is 1. The van der Waals surface area contributed by atoms with Gasteiger partial charge in [-0.05, 0) is 32.9 Å². The van der Waals surface area contributed by atoms with E-state index in [4.69, 9.17) is 4.74 Å². The number of aliphatic imine (C=N–C) groups is 1. The molecule has 0 aliphatic carbocycles. The summed E-state index contributed by atoms with van der Waals surface area (Å²) in [5.74, 6) is 0.302. The predicted molar refractivity (Wildman–Crippen MR) is 89.6 cm³/mol. The molecule has 0 unspecified atom stereocenters. The lowest BCUT2D eigenvalue weighted by atomic mass is 10.1. The van der Waals surface area contributed by atoms with E-state index in [1.54, 1.807) is 0 Å². The fourth-order valence-electron chi connectivity index (χ4n) is 2.29. The van der Waals surface area contributed by atoms with Gasteiger partial charge in [-0.15, -0.1) is 0 Å². The van der Waals surface area contributed by atoms with Crippen molar-refractivity contribution in [3.8, 4) is 0 Å². The number of carbonyl (C=O) groups is 2. The number of benzene rings is 1. The van der Waals surface area contributed by atoms with E-state index < -0.39 is 5.60 Å². The van der Waals surface area contributed by atoms with Crippen LogP contribution in [-0.2, 0) is 14.3 Å². The molecule has 6 nitrogen and oxygen atoms in total. The second-order valence-corrected chi connectivity index (χ2v) is 6.49. The average Bonchev–Trinajstić information content (AvgIpc) is 2.61. The number of fused-ring (bicyclic) bond motifs is 1. The summed E-state index contributed by atoms with van der Waals surface area (Å²) in [4.78, 5) is 29.8. The molecule has 0 bridgehead atoms. The van der Waals surface area contributed by atoms with Gasteiger partial charge in [0.05, 0.1) is 12.1 Å². The maximum Gasteiger partial charge on any atom is 0.308 e. The maximum atomic E-state index is 11.9. The summed E-state index contributed by atoms with van der Waals surface area (Å²) >= 11 is 0. The van der Waals surface area contributed by atoms with E-state index in [0.717, 1.165) is 11.3 Å². The fourth-order valence-corrected chi connectivity index (χ4v) is 2.29. The summed E-state index contributed by atoms with van der Waals surface area (Å²) in [5.41, 5.74) is 1.10. The molecule has 0 aromatic heterocycles. The van der Waals surface area contributed by atoms with Gasteiger partial charge < -0.3 is 15.0 Å². The van der Waals surface area contributed by atoms with Gasteiger partial charge >= 0.3 is 5.97 Å². The third kappa shape index (κ3) is 4.81. The monoisotopic (exact) mass is 317 g/mol. The SMILES string of the molecule is CN(CCC(=O)OC(C)(C)C)C1=NCC(=O)Nc2ccccc21. The lowest BCUT2D eigenvalue weighted by Gasteiger charge is -2.23. The number of benzodiazepines with no additional fused rings is 1. The van der Waals surface area contributed by atoms with Gasteiger partial charge in [-0.1, -0.05) is 12.1 Å². The number of rotatable bonds is 3. The zero-order valence-electron chi connectivity index (χ0n) is 14.0. The Bertz CT molecular complexity index is 632. The first-order chi connectivity index (χ1) is 10.8. The Balaban J connectivity index is 2.08. The van der Waals surface area contributed by atoms with Gasteiger partial charge in [0.15, 0.2) is 0 Å². The van der Waals surface area contributed by atoms with Crippen molar-refractivity contribution in [1.29, 1.82) is 0 Å². The molecule has 23 heavy (non-hydrogen) atoms. The number of nitrogens with zero attached hydrogens (tertiary/aromatic N) is 2. The van der Waals surface area contributed by atoms with Crippen molar-refractivity contribution >= 4 is 23.4 Å². The molecule has 2 rings (SSSR count). The number of amides is 1. The van der Waals surface area contributed by atoms with Crippen molar-refractivity contribution in [2.24, 2.45) is 4.99 Å². The minimum absolute atomic E-state index is 0.0702. The zero-order chi connectivity index (χ0) is 17.0. The molecule has 1 amide bonds. The molecule has 0 spiro atoms. The zero-order valence-corrected chi connectivity index (χ0v) is 14.0. The lowest BCUT2D eigenvalue weighted by molar-refractivity contribution is -0.154.